The molecular formula is C22H24ClFN4O2. The average molecular weight is 431 g/mol. The summed E-state index contributed by atoms with van der Waals surface area (Å²) in [6.45, 7) is 2.06. The standard InChI is InChI=1S/C22H24ClFN4O2/c23-17-4-3-16(10-18(17)24)30-11-20(29)27-22-12-21(13-22,14-22)26-19-9-15(5-6-25-19)28-7-1-2-8-28/h3-6,9-10H,1-2,7-8,11-14H2,(H,25,26)(H,27,29). The molecule has 1 aliphatic heterocycles. The van der Waals surface area contributed by atoms with Crippen molar-refractivity contribution in [1.82, 2.24) is 10.3 Å². The summed E-state index contributed by atoms with van der Waals surface area (Å²) < 4.78 is 18.8. The predicted molar refractivity (Wildman–Crippen MR) is 114 cm³/mol. The number of anilines is 2. The Morgan fingerprint density at radius 2 is 1.93 bits per heavy atom. The largest absolute Gasteiger partial charge is 0.484 e. The van der Waals surface area contributed by atoms with Crippen molar-refractivity contribution in [2.75, 3.05) is 29.9 Å². The summed E-state index contributed by atoms with van der Waals surface area (Å²) in [6.07, 6.45) is 6.96. The number of rotatable bonds is 7. The van der Waals surface area contributed by atoms with Crippen LogP contribution in [0.4, 0.5) is 15.9 Å². The molecule has 3 aliphatic carbocycles. The van der Waals surface area contributed by atoms with E-state index < -0.39 is 5.82 Å². The minimum absolute atomic E-state index is 0.0179. The number of nitrogens with zero attached hydrogens (tertiary/aromatic N) is 2. The molecule has 1 aromatic carbocycles. The highest BCUT2D eigenvalue weighted by Crippen LogP contribution is 2.61. The minimum atomic E-state index is -0.565. The van der Waals surface area contributed by atoms with Crippen LogP contribution in [0.25, 0.3) is 0 Å². The van der Waals surface area contributed by atoms with Gasteiger partial charge in [-0.2, -0.15) is 0 Å². The Bertz CT molecular complexity index is 960. The first kappa shape index (κ1) is 19.4. The van der Waals surface area contributed by atoms with Crippen molar-refractivity contribution in [3.8, 4) is 5.75 Å². The lowest BCUT2D eigenvalue weighted by Crippen LogP contribution is -2.81. The normalized spacial score (nSPS) is 26.5. The van der Waals surface area contributed by atoms with Crippen LogP contribution >= 0.6 is 11.6 Å². The third-order valence-electron chi connectivity index (χ3n) is 6.30. The van der Waals surface area contributed by atoms with Crippen LogP contribution in [0, 0.1) is 5.82 Å². The van der Waals surface area contributed by atoms with Gasteiger partial charge in [0.05, 0.1) is 5.02 Å². The molecule has 4 aliphatic rings. The van der Waals surface area contributed by atoms with Crippen LogP contribution in [-0.2, 0) is 4.79 Å². The second kappa shape index (κ2) is 7.30. The van der Waals surface area contributed by atoms with E-state index in [1.807, 2.05) is 6.20 Å². The van der Waals surface area contributed by atoms with E-state index in [4.69, 9.17) is 16.3 Å². The monoisotopic (exact) mass is 430 g/mol. The van der Waals surface area contributed by atoms with Gasteiger partial charge in [-0.3, -0.25) is 4.79 Å². The maximum absolute atomic E-state index is 13.5. The van der Waals surface area contributed by atoms with Crippen molar-refractivity contribution in [2.45, 2.75) is 43.2 Å². The average Bonchev–Trinajstić information content (AvgIpc) is 3.21. The number of benzene rings is 1. The fourth-order valence-electron chi connectivity index (χ4n) is 5.03. The fraction of sp³-hybridized carbons (Fsp3) is 0.455. The molecular weight excluding hydrogens is 407 g/mol. The van der Waals surface area contributed by atoms with Crippen molar-refractivity contribution in [3.05, 3.63) is 47.4 Å². The highest BCUT2D eigenvalue weighted by molar-refractivity contribution is 6.30. The van der Waals surface area contributed by atoms with Gasteiger partial charge in [0.1, 0.15) is 17.4 Å². The highest BCUT2D eigenvalue weighted by Gasteiger charge is 2.68. The number of nitrogens with one attached hydrogen (secondary N) is 2. The van der Waals surface area contributed by atoms with Crippen molar-refractivity contribution in [1.29, 1.82) is 0 Å². The van der Waals surface area contributed by atoms with Crippen LogP contribution in [0.1, 0.15) is 32.1 Å². The Morgan fingerprint density at radius 3 is 2.67 bits per heavy atom. The lowest BCUT2D eigenvalue weighted by molar-refractivity contribution is -0.135. The molecule has 0 unspecified atom stereocenters. The Kier molecular flexibility index (Phi) is 4.73. The van der Waals surface area contributed by atoms with E-state index in [1.54, 1.807) is 6.07 Å². The van der Waals surface area contributed by atoms with Crippen LogP contribution < -0.4 is 20.3 Å². The topological polar surface area (TPSA) is 66.5 Å². The summed E-state index contributed by atoms with van der Waals surface area (Å²) in [5.74, 6) is 0.413. The number of hydrogen-bond acceptors (Lipinski definition) is 5. The van der Waals surface area contributed by atoms with Crippen molar-refractivity contribution < 1.29 is 13.9 Å². The number of aromatic nitrogens is 1. The van der Waals surface area contributed by atoms with Gasteiger partial charge in [-0.15, -0.1) is 0 Å². The van der Waals surface area contributed by atoms with Gasteiger partial charge in [0.2, 0.25) is 0 Å². The quantitative estimate of drug-likeness (QED) is 0.700. The first-order valence-electron chi connectivity index (χ1n) is 10.3. The van der Waals surface area contributed by atoms with Gasteiger partial charge in [0.15, 0.2) is 6.61 Å². The molecule has 4 fully saturated rings. The molecule has 8 heteroatoms. The molecule has 3 saturated carbocycles. The molecule has 1 saturated heterocycles. The summed E-state index contributed by atoms with van der Waals surface area (Å²) in [6, 6.07) is 8.32. The number of hydrogen-bond donors (Lipinski definition) is 2. The molecule has 6 nitrogen and oxygen atoms in total. The molecule has 30 heavy (non-hydrogen) atoms. The van der Waals surface area contributed by atoms with E-state index in [1.165, 1.54) is 30.7 Å². The Balaban J connectivity index is 1.11. The number of ether oxygens (including phenoxy) is 1. The number of carbonyl (C=O) groups is 1. The van der Waals surface area contributed by atoms with E-state index >= 15 is 0 Å². The van der Waals surface area contributed by atoms with Gasteiger partial charge < -0.3 is 20.3 Å². The molecule has 2 bridgehead atoms. The summed E-state index contributed by atoms with van der Waals surface area (Å²) in [5.41, 5.74) is 1.07. The van der Waals surface area contributed by atoms with Crippen LogP contribution in [0.2, 0.25) is 5.02 Å². The van der Waals surface area contributed by atoms with Crippen LogP contribution in [0.5, 0.6) is 5.75 Å². The van der Waals surface area contributed by atoms with E-state index in [2.05, 4.69) is 32.7 Å². The predicted octanol–water partition coefficient (Wildman–Crippen LogP) is 3.76. The zero-order chi connectivity index (χ0) is 20.8. The van der Waals surface area contributed by atoms with Gasteiger partial charge in [-0.05, 0) is 50.3 Å². The zero-order valence-corrected chi connectivity index (χ0v) is 17.3. The number of pyridine rings is 1. The maximum Gasteiger partial charge on any atom is 0.258 e. The van der Waals surface area contributed by atoms with Gasteiger partial charge in [-0.1, -0.05) is 11.6 Å². The molecule has 158 valence electrons. The second-order valence-electron chi connectivity index (χ2n) is 8.72. The smallest absolute Gasteiger partial charge is 0.258 e. The number of halogens is 2. The second-order valence-corrected chi connectivity index (χ2v) is 9.13. The molecule has 6 rings (SSSR count). The Labute approximate surface area is 179 Å². The van der Waals surface area contributed by atoms with Gasteiger partial charge in [0.25, 0.3) is 5.91 Å². The van der Waals surface area contributed by atoms with Crippen molar-refractivity contribution in [3.63, 3.8) is 0 Å². The molecule has 0 spiro atoms. The third-order valence-corrected chi connectivity index (χ3v) is 6.61. The van der Waals surface area contributed by atoms with Crippen molar-refractivity contribution in [2.24, 2.45) is 0 Å². The lowest BCUT2D eigenvalue weighted by atomic mass is 9.44. The first-order valence-corrected chi connectivity index (χ1v) is 10.7. The van der Waals surface area contributed by atoms with E-state index in [-0.39, 0.29) is 34.4 Å². The number of carbonyl (C=O) groups excluding carboxylic acids is 1. The molecule has 1 amide bonds. The summed E-state index contributed by atoms with van der Waals surface area (Å²) in [7, 11) is 0. The molecule has 1 aromatic heterocycles. The highest BCUT2D eigenvalue weighted by atomic mass is 35.5. The summed E-state index contributed by atoms with van der Waals surface area (Å²) in [5, 5.41) is 6.67. The van der Waals surface area contributed by atoms with Gasteiger partial charge >= 0.3 is 0 Å². The zero-order valence-electron chi connectivity index (χ0n) is 16.6. The first-order chi connectivity index (χ1) is 14.4. The fourth-order valence-corrected chi connectivity index (χ4v) is 5.15. The van der Waals surface area contributed by atoms with E-state index in [0.717, 1.165) is 38.2 Å². The molecule has 2 heterocycles. The maximum atomic E-state index is 13.5. The Hall–Kier alpha value is -2.54. The summed E-state index contributed by atoms with van der Waals surface area (Å²) in [4.78, 5) is 19.1. The van der Waals surface area contributed by atoms with Gasteiger partial charge in [0, 0.05) is 48.2 Å². The molecule has 0 atom stereocenters. The molecule has 2 N–H and O–H groups in total. The van der Waals surface area contributed by atoms with E-state index in [9.17, 15) is 9.18 Å². The van der Waals surface area contributed by atoms with Gasteiger partial charge in [-0.25, -0.2) is 9.37 Å². The third kappa shape index (κ3) is 3.67. The SMILES string of the molecule is O=C(COc1ccc(Cl)c(F)c1)NC12CC(Nc3cc(N4CCCC4)ccn3)(C1)C2. The molecule has 2 aromatic rings. The van der Waals surface area contributed by atoms with Crippen LogP contribution in [-0.4, -0.2) is 41.7 Å². The lowest BCUT2D eigenvalue weighted by Gasteiger charge is -2.70. The summed E-state index contributed by atoms with van der Waals surface area (Å²) >= 11 is 5.65. The van der Waals surface area contributed by atoms with Crippen LogP contribution in [0.15, 0.2) is 36.5 Å². The number of amides is 1. The van der Waals surface area contributed by atoms with Crippen molar-refractivity contribution >= 4 is 29.0 Å². The minimum Gasteiger partial charge on any atom is -0.484 e. The molecule has 0 radical (unpaired) electrons. The van der Waals surface area contributed by atoms with E-state index in [0.29, 0.717) is 0 Å². The Morgan fingerprint density at radius 1 is 1.17 bits per heavy atom. The van der Waals surface area contributed by atoms with Crippen LogP contribution in [0.3, 0.4) is 0 Å².